The first kappa shape index (κ1) is 29.1. The van der Waals surface area contributed by atoms with Crippen molar-refractivity contribution in [2.75, 3.05) is 21.3 Å². The van der Waals surface area contributed by atoms with E-state index in [1.54, 1.807) is 72.8 Å². The Morgan fingerprint density at radius 1 is 0.477 bits per heavy atom. The van der Waals surface area contributed by atoms with E-state index in [4.69, 9.17) is 0 Å². The molecule has 4 amide bonds. The summed E-state index contributed by atoms with van der Waals surface area (Å²) in [5.74, 6) is -0.0384. The Morgan fingerprint density at radius 2 is 0.841 bits per heavy atom. The Labute approximate surface area is 253 Å². The Bertz CT molecular complexity index is 1690. The van der Waals surface area contributed by atoms with Gasteiger partial charge in [0.05, 0.1) is 11.4 Å². The van der Waals surface area contributed by atoms with Gasteiger partial charge >= 0.3 is 12.1 Å². The van der Waals surface area contributed by atoms with Crippen LogP contribution in [0.1, 0.15) is 11.1 Å². The van der Waals surface area contributed by atoms with Crippen LogP contribution in [0.3, 0.4) is 0 Å². The summed E-state index contributed by atoms with van der Waals surface area (Å²) in [6.45, 7) is 0. The first-order valence-corrected chi connectivity index (χ1v) is 13.5. The molecule has 0 aliphatic rings. The molecule has 10 heteroatoms. The molecule has 0 saturated carbocycles. The second kappa shape index (κ2) is 14.0. The van der Waals surface area contributed by atoms with Gasteiger partial charge in [0.2, 0.25) is 0 Å². The molecule has 5 rings (SSSR count). The third-order valence-corrected chi connectivity index (χ3v) is 6.20. The van der Waals surface area contributed by atoms with E-state index in [1.165, 1.54) is 24.6 Å². The lowest BCUT2D eigenvalue weighted by Crippen LogP contribution is -2.19. The van der Waals surface area contributed by atoms with Gasteiger partial charge in [0.15, 0.2) is 0 Å². The van der Waals surface area contributed by atoms with Gasteiger partial charge in [0.25, 0.3) is 0 Å². The Hall–Kier alpha value is -6.42. The zero-order chi connectivity index (χ0) is 30.7. The van der Waals surface area contributed by atoms with Crippen molar-refractivity contribution >= 4 is 58.6 Å². The van der Waals surface area contributed by atoms with E-state index in [-0.39, 0.29) is 11.5 Å². The highest BCUT2D eigenvalue weighted by Crippen LogP contribution is 2.29. The van der Waals surface area contributed by atoms with Crippen LogP contribution in [0.15, 0.2) is 131 Å². The number of carbonyl (C=O) groups excluding carboxylic acids is 2. The normalized spacial score (nSPS) is 10.9. The number of hydrogen-bond acceptors (Lipinski definition) is 6. The minimum atomic E-state index is -0.427. The molecule has 0 aromatic heterocycles. The molecule has 5 aromatic carbocycles. The summed E-state index contributed by atoms with van der Waals surface area (Å²) >= 11 is 0. The van der Waals surface area contributed by atoms with Crippen molar-refractivity contribution in [3.8, 4) is 11.5 Å². The number of aliphatic imine (C=N–C) groups is 2. The van der Waals surface area contributed by atoms with Crippen LogP contribution < -0.4 is 21.3 Å². The highest BCUT2D eigenvalue weighted by atomic mass is 16.3. The van der Waals surface area contributed by atoms with E-state index in [9.17, 15) is 19.8 Å². The topological polar surface area (TPSA) is 147 Å². The number of nitrogens with zero attached hydrogens (tertiary/aromatic N) is 2. The van der Waals surface area contributed by atoms with E-state index < -0.39 is 12.1 Å². The number of benzene rings is 5. The second-order valence-corrected chi connectivity index (χ2v) is 9.44. The third kappa shape index (κ3) is 8.08. The molecular formula is C34H28N6O4. The molecular weight excluding hydrogens is 556 g/mol. The Morgan fingerprint density at radius 3 is 1.25 bits per heavy atom. The number of amides is 4. The molecule has 0 heterocycles. The van der Waals surface area contributed by atoms with Gasteiger partial charge in [-0.05, 0) is 72.8 Å². The van der Waals surface area contributed by atoms with Crippen LogP contribution in [-0.2, 0) is 0 Å². The first-order valence-electron chi connectivity index (χ1n) is 13.5. The highest BCUT2D eigenvalue weighted by molar-refractivity contribution is 6.01. The number of rotatable bonds is 8. The number of nitrogens with one attached hydrogen (secondary N) is 4. The monoisotopic (exact) mass is 584 g/mol. The third-order valence-electron chi connectivity index (χ3n) is 6.20. The standard InChI is InChI=1S/C34H28N6O4/c41-31-17-15-27(39-33(43)37-25-9-3-1-4-10-25)19-23(31)21-35-29-13-7-8-14-30(29)36-22-24-20-28(16-18-32(24)42)40-34(44)38-26-11-5-2-6-12-26/h1-22,41-42H,(H2,37,39,43)(H2,38,40,44). The molecule has 10 nitrogen and oxygen atoms in total. The molecule has 0 aliphatic heterocycles. The van der Waals surface area contributed by atoms with E-state index in [2.05, 4.69) is 31.3 Å². The van der Waals surface area contributed by atoms with E-state index in [1.807, 2.05) is 36.4 Å². The second-order valence-electron chi connectivity index (χ2n) is 9.44. The van der Waals surface area contributed by atoms with Gasteiger partial charge in [-0.2, -0.15) is 0 Å². The summed E-state index contributed by atoms with van der Waals surface area (Å²) < 4.78 is 0. The van der Waals surface area contributed by atoms with Crippen molar-refractivity contribution in [2.45, 2.75) is 0 Å². The molecule has 0 unspecified atom stereocenters. The fourth-order valence-corrected chi connectivity index (χ4v) is 4.06. The van der Waals surface area contributed by atoms with E-state index in [0.717, 1.165) is 0 Å². The van der Waals surface area contributed by atoms with Gasteiger partial charge < -0.3 is 31.5 Å². The SMILES string of the molecule is O=C(Nc1ccccc1)Nc1ccc(O)c(C=Nc2ccccc2N=Cc2cc(NC(=O)Nc3ccccc3)ccc2O)c1. The number of phenols is 2. The lowest BCUT2D eigenvalue weighted by Gasteiger charge is -2.09. The lowest BCUT2D eigenvalue weighted by molar-refractivity contribution is 0.261. The molecule has 0 saturated heterocycles. The van der Waals surface area contributed by atoms with Crippen LogP contribution in [-0.4, -0.2) is 34.7 Å². The largest absolute Gasteiger partial charge is 0.507 e. The van der Waals surface area contributed by atoms with E-state index >= 15 is 0 Å². The van der Waals surface area contributed by atoms with Gasteiger partial charge in [-0.15, -0.1) is 0 Å². The van der Waals surface area contributed by atoms with Crippen molar-refractivity contribution in [2.24, 2.45) is 9.98 Å². The summed E-state index contributed by atoms with van der Waals surface area (Å²) in [5, 5.41) is 31.7. The summed E-state index contributed by atoms with van der Waals surface area (Å²) in [6.07, 6.45) is 2.94. The highest BCUT2D eigenvalue weighted by Gasteiger charge is 2.08. The molecule has 0 radical (unpaired) electrons. The van der Waals surface area contributed by atoms with Crippen molar-refractivity contribution in [1.29, 1.82) is 0 Å². The maximum absolute atomic E-state index is 12.4. The van der Waals surface area contributed by atoms with Crippen LogP contribution in [0.5, 0.6) is 11.5 Å². The molecule has 0 fully saturated rings. The molecule has 0 bridgehead atoms. The van der Waals surface area contributed by atoms with Gasteiger partial charge in [-0.3, -0.25) is 9.98 Å². The summed E-state index contributed by atoms with van der Waals surface area (Å²) in [6, 6.07) is 33.6. The summed E-state index contributed by atoms with van der Waals surface area (Å²) in [5.41, 5.74) is 3.98. The minimum Gasteiger partial charge on any atom is -0.507 e. The lowest BCUT2D eigenvalue weighted by atomic mass is 10.2. The Kier molecular flexibility index (Phi) is 9.23. The molecule has 0 atom stereocenters. The van der Waals surface area contributed by atoms with Crippen LogP contribution in [0.2, 0.25) is 0 Å². The number of urea groups is 2. The van der Waals surface area contributed by atoms with Crippen LogP contribution in [0, 0.1) is 0 Å². The smallest absolute Gasteiger partial charge is 0.323 e. The minimum absolute atomic E-state index is 0.0192. The fraction of sp³-hybridized carbons (Fsp3) is 0. The van der Waals surface area contributed by atoms with Crippen LogP contribution in [0.25, 0.3) is 0 Å². The molecule has 44 heavy (non-hydrogen) atoms. The molecule has 218 valence electrons. The first-order chi connectivity index (χ1) is 21.4. The van der Waals surface area contributed by atoms with Crippen molar-refractivity contribution in [1.82, 2.24) is 0 Å². The fourth-order valence-electron chi connectivity index (χ4n) is 4.06. The van der Waals surface area contributed by atoms with Gasteiger partial charge in [0.1, 0.15) is 11.5 Å². The summed E-state index contributed by atoms with van der Waals surface area (Å²) in [4.78, 5) is 33.8. The zero-order valence-electron chi connectivity index (χ0n) is 23.3. The van der Waals surface area contributed by atoms with Crippen LogP contribution >= 0.6 is 0 Å². The number of anilines is 4. The van der Waals surface area contributed by atoms with E-state index in [0.29, 0.717) is 45.3 Å². The number of hydrogen-bond donors (Lipinski definition) is 6. The number of carbonyl (C=O) groups is 2. The zero-order valence-corrected chi connectivity index (χ0v) is 23.3. The maximum atomic E-state index is 12.4. The molecule has 5 aromatic rings. The molecule has 6 N–H and O–H groups in total. The summed E-state index contributed by atoms with van der Waals surface area (Å²) in [7, 11) is 0. The quantitative estimate of drug-likeness (QED) is 0.0813. The number of phenolic OH excluding ortho intramolecular Hbond substituents is 2. The predicted octanol–water partition coefficient (Wildman–Crippen LogP) is 7.89. The van der Waals surface area contributed by atoms with Crippen molar-refractivity contribution in [3.63, 3.8) is 0 Å². The van der Waals surface area contributed by atoms with Crippen LogP contribution in [0.4, 0.5) is 43.7 Å². The Balaban J connectivity index is 1.28. The number of aromatic hydroxyl groups is 2. The maximum Gasteiger partial charge on any atom is 0.323 e. The van der Waals surface area contributed by atoms with Crippen molar-refractivity contribution in [3.05, 3.63) is 132 Å². The molecule has 0 spiro atoms. The van der Waals surface area contributed by atoms with Crippen molar-refractivity contribution < 1.29 is 19.8 Å². The predicted molar refractivity (Wildman–Crippen MR) is 175 cm³/mol. The molecule has 0 aliphatic carbocycles. The van der Waals surface area contributed by atoms with Gasteiger partial charge in [-0.1, -0.05) is 48.5 Å². The van der Waals surface area contributed by atoms with Gasteiger partial charge in [-0.25, -0.2) is 9.59 Å². The van der Waals surface area contributed by atoms with Gasteiger partial charge in [0, 0.05) is 46.3 Å². The average Bonchev–Trinajstić information content (AvgIpc) is 3.03. The number of para-hydroxylation sites is 4. The average molecular weight is 585 g/mol.